The molecule has 0 aliphatic rings. The number of nitro groups is 1. The molecule has 0 atom stereocenters. The van der Waals surface area contributed by atoms with Gasteiger partial charge in [-0.05, 0) is 30.3 Å². The fourth-order valence-corrected chi connectivity index (χ4v) is 3.60. The van der Waals surface area contributed by atoms with Gasteiger partial charge >= 0.3 is 0 Å². The van der Waals surface area contributed by atoms with Crippen molar-refractivity contribution in [3.05, 3.63) is 64.2 Å². The Bertz CT molecular complexity index is 1080. The molecule has 136 valence electrons. The fourth-order valence-electron chi connectivity index (χ4n) is 2.57. The molecule has 3 rings (SSSR count). The van der Waals surface area contributed by atoms with Gasteiger partial charge in [-0.25, -0.2) is 22.5 Å². The van der Waals surface area contributed by atoms with Gasteiger partial charge in [0.15, 0.2) is 0 Å². The number of halogens is 1. The summed E-state index contributed by atoms with van der Waals surface area (Å²) >= 11 is 0. The van der Waals surface area contributed by atoms with Crippen molar-refractivity contribution in [2.75, 3.05) is 6.54 Å². The summed E-state index contributed by atoms with van der Waals surface area (Å²) in [6.45, 7) is 0.0823. The van der Waals surface area contributed by atoms with Crippen LogP contribution in [-0.2, 0) is 23.5 Å². The minimum Gasteiger partial charge on any atom is -0.331 e. The largest absolute Gasteiger partial charge is 0.331 e. The third kappa shape index (κ3) is 3.55. The van der Waals surface area contributed by atoms with Gasteiger partial charge in [0, 0.05) is 32.1 Å². The zero-order valence-corrected chi connectivity index (χ0v) is 14.5. The molecule has 1 aromatic heterocycles. The first-order chi connectivity index (χ1) is 12.3. The van der Waals surface area contributed by atoms with Gasteiger partial charge < -0.3 is 4.57 Å². The number of hydrogen-bond acceptors (Lipinski definition) is 5. The number of imidazole rings is 1. The Kier molecular flexibility index (Phi) is 4.70. The van der Waals surface area contributed by atoms with Crippen LogP contribution in [0.15, 0.2) is 47.4 Å². The van der Waals surface area contributed by atoms with E-state index in [1.54, 1.807) is 17.7 Å². The lowest BCUT2D eigenvalue weighted by Gasteiger charge is -2.07. The van der Waals surface area contributed by atoms with Crippen molar-refractivity contribution in [3.8, 4) is 0 Å². The first kappa shape index (κ1) is 18.0. The van der Waals surface area contributed by atoms with Crippen LogP contribution in [0.3, 0.4) is 0 Å². The Morgan fingerprint density at radius 1 is 1.23 bits per heavy atom. The van der Waals surface area contributed by atoms with Gasteiger partial charge in [-0.1, -0.05) is 0 Å². The number of nitrogens with zero attached hydrogens (tertiary/aromatic N) is 3. The van der Waals surface area contributed by atoms with Gasteiger partial charge in [0.05, 0.1) is 20.9 Å². The standard InChI is InChI=1S/C16H15FN4O4S/c1-20-15-7-4-12(21(22)23)10-14(15)19-16(20)8-9-18-26(24,25)13-5-2-11(17)3-6-13/h2-7,10,18H,8-9H2,1H3. The first-order valence-electron chi connectivity index (χ1n) is 7.63. The van der Waals surface area contributed by atoms with E-state index in [2.05, 4.69) is 9.71 Å². The quantitative estimate of drug-likeness (QED) is 0.522. The highest BCUT2D eigenvalue weighted by Crippen LogP contribution is 2.21. The van der Waals surface area contributed by atoms with Crippen LogP contribution >= 0.6 is 0 Å². The van der Waals surface area contributed by atoms with E-state index in [9.17, 15) is 22.9 Å². The van der Waals surface area contributed by atoms with Gasteiger partial charge in [-0.15, -0.1) is 0 Å². The molecule has 10 heteroatoms. The summed E-state index contributed by atoms with van der Waals surface area (Å²) < 4.78 is 41.4. The molecule has 0 saturated heterocycles. The van der Waals surface area contributed by atoms with Crippen LogP contribution in [0.2, 0.25) is 0 Å². The average molecular weight is 378 g/mol. The van der Waals surface area contributed by atoms with Crippen molar-refractivity contribution in [1.82, 2.24) is 14.3 Å². The lowest BCUT2D eigenvalue weighted by molar-refractivity contribution is -0.384. The van der Waals surface area contributed by atoms with E-state index < -0.39 is 20.8 Å². The van der Waals surface area contributed by atoms with Gasteiger partial charge in [-0.2, -0.15) is 0 Å². The van der Waals surface area contributed by atoms with Crippen molar-refractivity contribution in [1.29, 1.82) is 0 Å². The molecule has 0 radical (unpaired) electrons. The van der Waals surface area contributed by atoms with Crippen LogP contribution in [0.25, 0.3) is 11.0 Å². The minimum atomic E-state index is -3.75. The summed E-state index contributed by atoms with van der Waals surface area (Å²) in [6.07, 6.45) is 0.291. The second-order valence-corrected chi connectivity index (χ2v) is 7.39. The maximum Gasteiger partial charge on any atom is 0.271 e. The lowest BCUT2D eigenvalue weighted by Crippen LogP contribution is -2.26. The summed E-state index contributed by atoms with van der Waals surface area (Å²) in [5.41, 5.74) is 1.13. The van der Waals surface area contributed by atoms with Crippen molar-refractivity contribution in [3.63, 3.8) is 0 Å². The summed E-state index contributed by atoms with van der Waals surface area (Å²) in [6, 6.07) is 8.90. The Morgan fingerprint density at radius 2 is 1.92 bits per heavy atom. The van der Waals surface area contributed by atoms with E-state index >= 15 is 0 Å². The van der Waals surface area contributed by atoms with E-state index in [0.29, 0.717) is 23.3 Å². The van der Waals surface area contributed by atoms with Crippen molar-refractivity contribution >= 4 is 26.7 Å². The molecule has 2 aromatic carbocycles. The highest BCUT2D eigenvalue weighted by Gasteiger charge is 2.16. The summed E-state index contributed by atoms with van der Waals surface area (Å²) in [5.74, 6) is 0.0695. The van der Waals surface area contributed by atoms with Gasteiger partial charge in [-0.3, -0.25) is 10.1 Å². The normalized spacial score (nSPS) is 11.8. The van der Waals surface area contributed by atoms with E-state index in [-0.39, 0.29) is 17.1 Å². The minimum absolute atomic E-state index is 0.0282. The third-order valence-electron chi connectivity index (χ3n) is 3.93. The number of benzene rings is 2. The van der Waals surface area contributed by atoms with E-state index in [0.717, 1.165) is 12.1 Å². The fraction of sp³-hybridized carbons (Fsp3) is 0.188. The van der Waals surface area contributed by atoms with Crippen molar-refractivity contribution < 1.29 is 17.7 Å². The Balaban J connectivity index is 1.74. The average Bonchev–Trinajstić information content (AvgIpc) is 2.90. The van der Waals surface area contributed by atoms with Crippen molar-refractivity contribution in [2.45, 2.75) is 11.3 Å². The summed E-state index contributed by atoms with van der Waals surface area (Å²) in [4.78, 5) is 14.7. The van der Waals surface area contributed by atoms with Crippen LogP contribution < -0.4 is 4.72 Å². The number of nitro benzene ring substituents is 1. The smallest absolute Gasteiger partial charge is 0.271 e. The highest BCUT2D eigenvalue weighted by atomic mass is 32.2. The van der Waals surface area contributed by atoms with Gasteiger partial charge in [0.1, 0.15) is 11.6 Å². The number of aromatic nitrogens is 2. The summed E-state index contributed by atoms with van der Waals surface area (Å²) in [7, 11) is -2.00. The molecule has 0 aliphatic heterocycles. The topological polar surface area (TPSA) is 107 Å². The van der Waals surface area contributed by atoms with Gasteiger partial charge in [0.25, 0.3) is 5.69 Å². The molecule has 8 nitrogen and oxygen atoms in total. The van der Waals surface area contributed by atoms with Gasteiger partial charge in [0.2, 0.25) is 10.0 Å². The zero-order valence-electron chi connectivity index (χ0n) is 13.7. The second-order valence-electron chi connectivity index (χ2n) is 5.62. The second kappa shape index (κ2) is 6.81. The molecule has 0 bridgehead atoms. The van der Waals surface area contributed by atoms with E-state index in [1.807, 2.05) is 0 Å². The molecule has 0 saturated carbocycles. The third-order valence-corrected chi connectivity index (χ3v) is 5.41. The highest BCUT2D eigenvalue weighted by molar-refractivity contribution is 7.89. The molecular formula is C16H15FN4O4S. The predicted molar refractivity (Wildman–Crippen MR) is 92.7 cm³/mol. The van der Waals surface area contributed by atoms with E-state index in [4.69, 9.17) is 0 Å². The Hall–Kier alpha value is -2.85. The molecule has 1 heterocycles. The van der Waals surface area contributed by atoms with Crippen LogP contribution in [0.4, 0.5) is 10.1 Å². The Labute approximate surface area is 148 Å². The Morgan fingerprint density at radius 3 is 2.58 bits per heavy atom. The molecule has 26 heavy (non-hydrogen) atoms. The van der Waals surface area contributed by atoms with Crippen LogP contribution in [0.5, 0.6) is 0 Å². The predicted octanol–water partition coefficient (Wildman–Crippen LogP) is 2.14. The number of non-ortho nitro benzene ring substituents is 1. The summed E-state index contributed by atoms with van der Waals surface area (Å²) in [5, 5.41) is 10.8. The van der Waals surface area contributed by atoms with E-state index in [1.165, 1.54) is 24.3 Å². The number of sulfonamides is 1. The molecule has 1 N–H and O–H groups in total. The zero-order chi connectivity index (χ0) is 18.9. The number of rotatable bonds is 6. The maximum atomic E-state index is 12.9. The molecule has 0 aliphatic carbocycles. The lowest BCUT2D eigenvalue weighted by atomic mass is 10.3. The molecular weight excluding hydrogens is 363 g/mol. The molecule has 0 unspecified atom stereocenters. The number of nitrogens with one attached hydrogen (secondary N) is 1. The van der Waals surface area contributed by atoms with Crippen LogP contribution in [-0.4, -0.2) is 29.4 Å². The van der Waals surface area contributed by atoms with Crippen molar-refractivity contribution in [2.24, 2.45) is 7.05 Å². The van der Waals surface area contributed by atoms with Crippen LogP contribution in [0.1, 0.15) is 5.82 Å². The van der Waals surface area contributed by atoms with Crippen LogP contribution in [0, 0.1) is 15.9 Å². The SMILES string of the molecule is Cn1c(CCNS(=O)(=O)c2ccc(F)cc2)nc2cc([N+](=O)[O-])ccc21. The molecule has 0 fully saturated rings. The molecule has 0 amide bonds. The molecule has 3 aromatic rings. The first-order valence-corrected chi connectivity index (χ1v) is 9.11. The maximum absolute atomic E-state index is 12.9. The number of aryl methyl sites for hydroxylation is 1. The number of hydrogen-bond donors (Lipinski definition) is 1. The monoisotopic (exact) mass is 378 g/mol. The molecule has 0 spiro atoms. The number of fused-ring (bicyclic) bond motifs is 1.